The molecule has 2 amide bonds. The lowest BCUT2D eigenvalue weighted by Crippen LogP contribution is -2.56. The average molecular weight is 558 g/mol. The zero-order valence-electron chi connectivity index (χ0n) is 23.4. The first-order valence-corrected chi connectivity index (χ1v) is 15.4. The van der Waals surface area contributed by atoms with Gasteiger partial charge in [0.15, 0.2) is 0 Å². The molecule has 1 N–H and O–H groups in total. The number of hydrogen-bond donors (Lipinski definition) is 1. The first kappa shape index (κ1) is 26.9. The van der Waals surface area contributed by atoms with Crippen molar-refractivity contribution in [3.8, 4) is 0 Å². The molecule has 2 aliphatic heterocycles. The number of hydrogen-bond acceptors (Lipinski definition) is 7. The van der Waals surface area contributed by atoms with Gasteiger partial charge in [0, 0.05) is 70.3 Å². The Bertz CT molecular complexity index is 1370. The van der Waals surface area contributed by atoms with Crippen LogP contribution in [-0.4, -0.2) is 101 Å². The molecule has 0 radical (unpaired) electrons. The van der Waals surface area contributed by atoms with E-state index in [2.05, 4.69) is 79.4 Å². The summed E-state index contributed by atoms with van der Waals surface area (Å²) in [5, 5.41) is 3.50. The first-order chi connectivity index (χ1) is 19.7. The van der Waals surface area contributed by atoms with E-state index in [0.29, 0.717) is 0 Å². The average Bonchev–Trinajstić information content (AvgIpc) is 3.46. The van der Waals surface area contributed by atoms with E-state index in [1.54, 1.807) is 17.7 Å². The number of benzene rings is 1. The summed E-state index contributed by atoms with van der Waals surface area (Å²) in [4.78, 5) is 32.3. The maximum absolute atomic E-state index is 13.0. The van der Waals surface area contributed by atoms with Gasteiger partial charge in [-0.2, -0.15) is 0 Å². The molecule has 3 aliphatic rings. The number of urea groups is 1. The topological polar surface area (TPSA) is 67.8 Å². The highest BCUT2D eigenvalue weighted by molar-refractivity contribution is 7.20. The van der Waals surface area contributed by atoms with Gasteiger partial charge in [0.1, 0.15) is 12.1 Å². The van der Waals surface area contributed by atoms with Gasteiger partial charge < -0.3 is 20.0 Å². The van der Waals surface area contributed by atoms with E-state index < -0.39 is 0 Å². The van der Waals surface area contributed by atoms with Gasteiger partial charge in [0.25, 0.3) is 0 Å². The molecule has 210 valence electrons. The van der Waals surface area contributed by atoms with Crippen LogP contribution in [0.15, 0.2) is 60.5 Å². The normalized spacial score (nSPS) is 19.0. The highest BCUT2D eigenvalue weighted by atomic mass is 32.1. The summed E-state index contributed by atoms with van der Waals surface area (Å²) < 4.78 is 1.11. The number of aromatic nitrogens is 2. The van der Waals surface area contributed by atoms with Crippen molar-refractivity contribution in [1.82, 2.24) is 29.6 Å². The summed E-state index contributed by atoms with van der Waals surface area (Å²) in [5.41, 5.74) is 5.09. The third kappa shape index (κ3) is 6.22. The van der Waals surface area contributed by atoms with Gasteiger partial charge in [-0.1, -0.05) is 55.0 Å². The Morgan fingerprint density at radius 3 is 2.30 bits per heavy atom. The van der Waals surface area contributed by atoms with E-state index in [0.717, 1.165) is 101 Å². The lowest BCUT2D eigenvalue weighted by molar-refractivity contribution is 0.0937. The van der Waals surface area contributed by atoms with Crippen LogP contribution < -0.4 is 5.32 Å². The minimum atomic E-state index is 0.228. The number of nitrogens with one attached hydrogen (secondary N) is 1. The highest BCUT2D eigenvalue weighted by Gasteiger charge is 2.28. The summed E-state index contributed by atoms with van der Waals surface area (Å²) in [6, 6.07) is 12.8. The maximum Gasteiger partial charge on any atom is 0.320 e. The van der Waals surface area contributed by atoms with Crippen LogP contribution in [0.2, 0.25) is 0 Å². The van der Waals surface area contributed by atoms with Crippen molar-refractivity contribution in [2.75, 3.05) is 70.8 Å². The second-order valence-corrected chi connectivity index (χ2v) is 11.9. The minimum absolute atomic E-state index is 0.228. The fourth-order valence-electron chi connectivity index (χ4n) is 5.78. The zero-order chi connectivity index (χ0) is 27.3. The number of nitrogens with zero attached hydrogens (tertiary/aromatic N) is 6. The number of likely N-dealkylation sites (N-methyl/N-ethyl adjacent to an activating group) is 1. The quantitative estimate of drug-likeness (QED) is 0.451. The molecule has 0 bridgehead atoms. The van der Waals surface area contributed by atoms with Crippen LogP contribution in [0, 0.1) is 0 Å². The first-order valence-electron chi connectivity index (χ1n) is 14.6. The second-order valence-electron chi connectivity index (χ2n) is 10.9. The smallest absolute Gasteiger partial charge is 0.320 e. The van der Waals surface area contributed by atoms with Gasteiger partial charge in [0.05, 0.1) is 10.2 Å². The van der Waals surface area contributed by atoms with Gasteiger partial charge in [-0.05, 0) is 36.6 Å². The van der Waals surface area contributed by atoms with Crippen LogP contribution in [0.4, 0.5) is 10.6 Å². The van der Waals surface area contributed by atoms with Gasteiger partial charge >= 0.3 is 6.03 Å². The third-order valence-corrected chi connectivity index (χ3v) is 9.53. The predicted molar refractivity (Wildman–Crippen MR) is 164 cm³/mol. The largest absolute Gasteiger partial charge is 0.365 e. The molecule has 6 rings (SSSR count). The summed E-state index contributed by atoms with van der Waals surface area (Å²) in [5.74, 6) is 0.901. The molecule has 0 spiro atoms. The molecule has 0 unspecified atom stereocenters. The molecule has 9 heteroatoms. The highest BCUT2D eigenvalue weighted by Crippen LogP contribution is 2.37. The van der Waals surface area contributed by atoms with Gasteiger partial charge in [-0.15, -0.1) is 11.3 Å². The van der Waals surface area contributed by atoms with Crippen LogP contribution in [0.3, 0.4) is 0 Å². The van der Waals surface area contributed by atoms with E-state index in [9.17, 15) is 4.79 Å². The number of piperazine rings is 2. The molecule has 3 aromatic rings. The Morgan fingerprint density at radius 1 is 0.900 bits per heavy atom. The zero-order valence-corrected chi connectivity index (χ0v) is 24.2. The van der Waals surface area contributed by atoms with E-state index in [-0.39, 0.29) is 6.03 Å². The van der Waals surface area contributed by atoms with Crippen LogP contribution in [-0.2, 0) is 6.54 Å². The fourth-order valence-corrected chi connectivity index (χ4v) is 6.91. The van der Waals surface area contributed by atoms with Crippen molar-refractivity contribution in [3.05, 3.63) is 70.9 Å². The number of rotatable bonds is 7. The summed E-state index contributed by atoms with van der Waals surface area (Å²) in [6.45, 7) is 12.2. The number of fused-ring (bicyclic) bond motifs is 1. The molecule has 2 saturated heterocycles. The Labute approximate surface area is 241 Å². The molecular weight excluding hydrogens is 518 g/mol. The minimum Gasteiger partial charge on any atom is -0.365 e. The molecule has 8 nitrogen and oxygen atoms in total. The molecule has 1 aromatic carbocycles. The van der Waals surface area contributed by atoms with Crippen LogP contribution in [0.1, 0.15) is 30.2 Å². The Morgan fingerprint density at radius 2 is 1.62 bits per heavy atom. The van der Waals surface area contributed by atoms with Crippen LogP contribution >= 0.6 is 11.3 Å². The Hall–Kier alpha value is -3.27. The molecular formula is C31H39N7OS. The van der Waals surface area contributed by atoms with Crippen LogP contribution in [0.25, 0.3) is 15.8 Å². The molecule has 1 aliphatic carbocycles. The van der Waals surface area contributed by atoms with E-state index in [1.807, 2.05) is 11.0 Å². The SMILES string of the molecule is CCN1CCN(C(=O)N2CCN(CC3=CC=C(c4cc5ncnc(NCc6ccccc6)c5s4)CC3)CC2)CC1. The number of carbonyl (C=O) groups excluding carboxylic acids is 1. The monoisotopic (exact) mass is 557 g/mol. The lowest BCUT2D eigenvalue weighted by Gasteiger charge is -2.40. The summed E-state index contributed by atoms with van der Waals surface area (Å²) in [7, 11) is 0. The Kier molecular flexibility index (Phi) is 8.41. The molecule has 40 heavy (non-hydrogen) atoms. The second kappa shape index (κ2) is 12.5. The lowest BCUT2D eigenvalue weighted by atomic mass is 9.97. The predicted octanol–water partition coefficient (Wildman–Crippen LogP) is 4.78. The molecule has 0 atom stereocenters. The molecule has 2 fully saturated rings. The van der Waals surface area contributed by atoms with Crippen molar-refractivity contribution in [2.24, 2.45) is 0 Å². The van der Waals surface area contributed by atoms with Crippen molar-refractivity contribution in [2.45, 2.75) is 26.3 Å². The number of amides is 2. The van der Waals surface area contributed by atoms with Crippen molar-refractivity contribution in [3.63, 3.8) is 0 Å². The van der Waals surface area contributed by atoms with Gasteiger partial charge in [-0.3, -0.25) is 4.90 Å². The van der Waals surface area contributed by atoms with E-state index >= 15 is 0 Å². The molecule has 2 aromatic heterocycles. The third-order valence-electron chi connectivity index (χ3n) is 8.33. The van der Waals surface area contributed by atoms with Crippen molar-refractivity contribution in [1.29, 1.82) is 0 Å². The summed E-state index contributed by atoms with van der Waals surface area (Å²) in [6.07, 6.45) is 8.38. The van der Waals surface area contributed by atoms with Crippen molar-refractivity contribution >= 4 is 39.0 Å². The number of thiophene rings is 1. The van der Waals surface area contributed by atoms with E-state index in [1.165, 1.54) is 21.6 Å². The van der Waals surface area contributed by atoms with Crippen LogP contribution in [0.5, 0.6) is 0 Å². The Balaban J connectivity index is 1.03. The fraction of sp³-hybridized carbons (Fsp3) is 0.452. The number of anilines is 1. The van der Waals surface area contributed by atoms with Gasteiger partial charge in [-0.25, -0.2) is 14.8 Å². The summed E-state index contributed by atoms with van der Waals surface area (Å²) >= 11 is 1.78. The maximum atomic E-state index is 13.0. The number of carbonyl (C=O) groups is 1. The molecule has 4 heterocycles. The van der Waals surface area contributed by atoms with Gasteiger partial charge in [0.2, 0.25) is 0 Å². The number of allylic oxidation sites excluding steroid dienone is 3. The van der Waals surface area contributed by atoms with E-state index in [4.69, 9.17) is 0 Å². The molecule has 0 saturated carbocycles. The van der Waals surface area contributed by atoms with Crippen molar-refractivity contribution < 1.29 is 4.79 Å². The standard InChI is InChI=1S/C31H39N7OS/c1-2-35-12-16-37(17-13-35)31(39)38-18-14-36(15-19-38)22-25-8-10-26(11-9-25)28-20-27-29(40-28)30(34-23-33-27)32-21-24-6-4-3-5-7-24/h3-8,10,20,23H,2,9,11-19,21-22H2,1H3,(H,32,33,34).